The molecule has 0 spiro atoms. The van der Waals surface area contributed by atoms with Crippen molar-refractivity contribution >= 4 is 22.7 Å². The van der Waals surface area contributed by atoms with E-state index < -0.39 is 10.0 Å². The van der Waals surface area contributed by atoms with Crippen molar-refractivity contribution in [2.45, 2.75) is 24.8 Å². The Kier molecular flexibility index (Phi) is 5.49. The number of hydrogen-bond donors (Lipinski definition) is 1. The first kappa shape index (κ1) is 15.3. The molecule has 0 aliphatic carbocycles. The summed E-state index contributed by atoms with van der Waals surface area (Å²) in [5, 5.41) is 0. The summed E-state index contributed by atoms with van der Waals surface area (Å²) >= 11 is 4.12. The van der Waals surface area contributed by atoms with Crippen molar-refractivity contribution in [1.29, 1.82) is 0 Å². The summed E-state index contributed by atoms with van der Waals surface area (Å²) in [6, 6.07) is 6.29. The Hall–Kier alpha value is -0.720. The molecule has 0 aliphatic heterocycles. The van der Waals surface area contributed by atoms with E-state index in [1.165, 1.54) is 4.31 Å². The van der Waals surface area contributed by atoms with E-state index in [0.717, 1.165) is 0 Å². The Morgan fingerprint density at radius 3 is 2.33 bits per heavy atom. The van der Waals surface area contributed by atoms with E-state index in [2.05, 4.69) is 12.6 Å². The topological polar surface area (TPSA) is 46.6 Å². The highest BCUT2D eigenvalue weighted by molar-refractivity contribution is 7.89. The van der Waals surface area contributed by atoms with Crippen molar-refractivity contribution in [1.82, 2.24) is 4.31 Å². The number of rotatable bonds is 6. The van der Waals surface area contributed by atoms with Crippen LogP contribution in [0.1, 0.15) is 13.8 Å². The number of nitrogens with zero attached hydrogens (tertiary/aromatic N) is 1. The molecule has 6 heteroatoms. The second-order valence-corrected chi connectivity index (χ2v) is 6.32. The minimum Gasteiger partial charge on any atom is -0.494 e. The molecule has 0 amide bonds. The maximum Gasteiger partial charge on any atom is 0.243 e. The maximum absolute atomic E-state index is 12.3. The van der Waals surface area contributed by atoms with Crippen LogP contribution in [0.3, 0.4) is 0 Å². The van der Waals surface area contributed by atoms with Gasteiger partial charge in [-0.25, -0.2) is 8.42 Å². The fourth-order valence-corrected chi connectivity index (χ4v) is 3.11. The Balaban J connectivity index is 2.98. The quantitative estimate of drug-likeness (QED) is 0.815. The predicted molar refractivity (Wildman–Crippen MR) is 75.9 cm³/mol. The summed E-state index contributed by atoms with van der Waals surface area (Å²) < 4.78 is 31.1. The first-order valence-corrected chi connectivity index (χ1v) is 7.82. The molecule has 0 saturated heterocycles. The third-order valence-electron chi connectivity index (χ3n) is 2.70. The number of thiol groups is 1. The Labute approximate surface area is 114 Å². The van der Waals surface area contributed by atoms with Gasteiger partial charge < -0.3 is 4.74 Å². The molecule has 1 rings (SSSR count). The molecule has 0 aliphatic rings. The second kappa shape index (κ2) is 6.45. The van der Waals surface area contributed by atoms with Crippen molar-refractivity contribution in [3.05, 3.63) is 24.3 Å². The second-order valence-electron chi connectivity index (χ2n) is 3.96. The summed E-state index contributed by atoms with van der Waals surface area (Å²) in [5.74, 6) is 1.15. The van der Waals surface area contributed by atoms with Crippen LogP contribution in [-0.2, 0) is 10.0 Å². The monoisotopic (exact) mass is 289 g/mol. The molecule has 1 unspecified atom stereocenters. The maximum atomic E-state index is 12.3. The lowest BCUT2D eigenvalue weighted by Gasteiger charge is -2.22. The fourth-order valence-electron chi connectivity index (χ4n) is 1.39. The zero-order chi connectivity index (χ0) is 13.8. The van der Waals surface area contributed by atoms with Crippen LogP contribution in [0.2, 0.25) is 0 Å². The van der Waals surface area contributed by atoms with Gasteiger partial charge in [-0.3, -0.25) is 0 Å². The van der Waals surface area contributed by atoms with Crippen LogP contribution < -0.4 is 4.74 Å². The van der Waals surface area contributed by atoms with Crippen LogP contribution >= 0.6 is 12.6 Å². The van der Waals surface area contributed by atoms with Gasteiger partial charge in [0.05, 0.1) is 11.5 Å². The molecule has 1 aromatic rings. The van der Waals surface area contributed by atoms with Gasteiger partial charge in [-0.15, -0.1) is 0 Å². The molecule has 1 atom stereocenters. The van der Waals surface area contributed by atoms with E-state index in [1.807, 2.05) is 13.8 Å². The molecule has 0 heterocycles. The molecule has 0 bridgehead atoms. The van der Waals surface area contributed by atoms with Gasteiger partial charge in [-0.1, -0.05) is 0 Å². The number of ether oxygens (including phenoxy) is 1. The molecule has 0 N–H and O–H groups in total. The summed E-state index contributed by atoms with van der Waals surface area (Å²) in [6.07, 6.45) is 0. The van der Waals surface area contributed by atoms with Crippen LogP contribution in [0.5, 0.6) is 5.75 Å². The molecule has 0 radical (unpaired) electrons. The molecule has 0 aromatic heterocycles. The molecule has 0 saturated carbocycles. The summed E-state index contributed by atoms with van der Waals surface area (Å²) in [5.41, 5.74) is 0. The predicted octanol–water partition coefficient (Wildman–Crippen LogP) is 2.02. The normalized spacial score (nSPS) is 13.6. The van der Waals surface area contributed by atoms with Crippen LogP contribution in [-0.4, -0.2) is 38.2 Å². The lowest BCUT2D eigenvalue weighted by molar-refractivity contribution is 0.340. The molecular formula is C12H19NO3S2. The van der Waals surface area contributed by atoms with E-state index in [4.69, 9.17) is 4.74 Å². The van der Waals surface area contributed by atoms with Crippen molar-refractivity contribution in [3.8, 4) is 5.75 Å². The first-order chi connectivity index (χ1) is 8.43. The van der Waals surface area contributed by atoms with Crippen molar-refractivity contribution < 1.29 is 13.2 Å². The largest absolute Gasteiger partial charge is 0.494 e. The SMILES string of the molecule is CCOc1ccc(S(=O)(=O)N(C)C(C)CS)cc1. The van der Waals surface area contributed by atoms with Gasteiger partial charge >= 0.3 is 0 Å². The Morgan fingerprint density at radius 1 is 1.33 bits per heavy atom. The van der Waals surface area contributed by atoms with Crippen LogP contribution in [0, 0.1) is 0 Å². The van der Waals surface area contributed by atoms with E-state index >= 15 is 0 Å². The van der Waals surface area contributed by atoms with Gasteiger partial charge in [-0.2, -0.15) is 16.9 Å². The van der Waals surface area contributed by atoms with Gasteiger partial charge in [0.2, 0.25) is 10.0 Å². The standard InChI is InChI=1S/C12H19NO3S2/c1-4-16-11-5-7-12(8-6-11)18(14,15)13(3)10(2)9-17/h5-8,10,17H,4,9H2,1-3H3. The Morgan fingerprint density at radius 2 is 1.89 bits per heavy atom. The smallest absolute Gasteiger partial charge is 0.243 e. The highest BCUT2D eigenvalue weighted by atomic mass is 32.2. The van der Waals surface area contributed by atoms with Crippen LogP contribution in [0.4, 0.5) is 0 Å². The average molecular weight is 289 g/mol. The van der Waals surface area contributed by atoms with Gasteiger partial charge in [0.1, 0.15) is 5.75 Å². The molecule has 18 heavy (non-hydrogen) atoms. The zero-order valence-electron chi connectivity index (χ0n) is 10.8. The highest BCUT2D eigenvalue weighted by Crippen LogP contribution is 2.20. The Bertz CT molecular complexity index is 471. The van der Waals surface area contributed by atoms with E-state index in [9.17, 15) is 8.42 Å². The third-order valence-corrected chi connectivity index (χ3v) is 5.21. The van der Waals surface area contributed by atoms with Gasteiger partial charge in [-0.05, 0) is 38.1 Å². The molecular weight excluding hydrogens is 270 g/mol. The van der Waals surface area contributed by atoms with Crippen LogP contribution in [0.15, 0.2) is 29.2 Å². The van der Waals surface area contributed by atoms with Crippen molar-refractivity contribution in [2.75, 3.05) is 19.4 Å². The summed E-state index contributed by atoms with van der Waals surface area (Å²) in [6.45, 7) is 4.26. The van der Waals surface area contributed by atoms with Crippen LogP contribution in [0.25, 0.3) is 0 Å². The van der Waals surface area contributed by atoms with Gasteiger partial charge in [0, 0.05) is 18.8 Å². The van der Waals surface area contributed by atoms with Crippen molar-refractivity contribution in [3.63, 3.8) is 0 Å². The molecule has 102 valence electrons. The minimum atomic E-state index is -3.45. The fraction of sp³-hybridized carbons (Fsp3) is 0.500. The first-order valence-electron chi connectivity index (χ1n) is 5.75. The highest BCUT2D eigenvalue weighted by Gasteiger charge is 2.24. The average Bonchev–Trinajstić information content (AvgIpc) is 2.38. The lowest BCUT2D eigenvalue weighted by atomic mass is 10.3. The number of benzene rings is 1. The molecule has 4 nitrogen and oxygen atoms in total. The number of hydrogen-bond acceptors (Lipinski definition) is 4. The molecule has 0 fully saturated rings. The zero-order valence-corrected chi connectivity index (χ0v) is 12.5. The number of sulfonamides is 1. The van der Waals surface area contributed by atoms with E-state index in [-0.39, 0.29) is 10.9 Å². The van der Waals surface area contributed by atoms with Crippen molar-refractivity contribution in [2.24, 2.45) is 0 Å². The van der Waals surface area contributed by atoms with E-state index in [1.54, 1.807) is 31.3 Å². The third kappa shape index (κ3) is 3.40. The molecule has 1 aromatic carbocycles. The lowest BCUT2D eigenvalue weighted by Crippen LogP contribution is -2.36. The summed E-state index contributed by atoms with van der Waals surface area (Å²) in [4.78, 5) is 0.266. The van der Waals surface area contributed by atoms with Gasteiger partial charge in [0.15, 0.2) is 0 Å². The van der Waals surface area contributed by atoms with E-state index in [0.29, 0.717) is 18.1 Å². The summed E-state index contributed by atoms with van der Waals surface area (Å²) in [7, 11) is -1.89. The van der Waals surface area contributed by atoms with Gasteiger partial charge in [0.25, 0.3) is 0 Å². The minimum absolute atomic E-state index is 0.148.